The predicted octanol–water partition coefficient (Wildman–Crippen LogP) is 6.49. The van der Waals surface area contributed by atoms with Crippen LogP contribution in [-0.4, -0.2) is 35.7 Å². The van der Waals surface area contributed by atoms with E-state index in [9.17, 15) is 14.4 Å². The molecule has 0 radical (unpaired) electrons. The Morgan fingerprint density at radius 3 is 2.32 bits per heavy atom. The molecule has 1 saturated carbocycles. The van der Waals surface area contributed by atoms with Crippen LogP contribution in [0.4, 0.5) is 11.4 Å². The smallest absolute Gasteiger partial charge is 0.283 e. The molecule has 34 heavy (non-hydrogen) atoms. The molecule has 0 aromatic heterocycles. The van der Waals surface area contributed by atoms with E-state index in [2.05, 4.69) is 5.32 Å². The van der Waals surface area contributed by atoms with Crippen molar-refractivity contribution >= 4 is 75.5 Å². The van der Waals surface area contributed by atoms with E-state index in [-0.39, 0.29) is 43.4 Å². The van der Waals surface area contributed by atoms with E-state index < -0.39 is 11.8 Å². The van der Waals surface area contributed by atoms with Crippen LogP contribution >= 0.6 is 46.4 Å². The minimum Gasteiger partial charge on any atom is -0.350 e. The first-order chi connectivity index (χ1) is 16.2. The number of imide groups is 1. The van der Waals surface area contributed by atoms with E-state index >= 15 is 0 Å². The van der Waals surface area contributed by atoms with Crippen molar-refractivity contribution in [3.05, 3.63) is 67.8 Å². The van der Waals surface area contributed by atoms with Crippen LogP contribution < -0.4 is 10.2 Å². The number of nitrogens with zero attached hydrogens (tertiary/aromatic N) is 2. The maximum atomic E-state index is 13.1. The van der Waals surface area contributed by atoms with Gasteiger partial charge in [0.05, 0.1) is 20.8 Å². The summed E-state index contributed by atoms with van der Waals surface area (Å²) >= 11 is 24.4. The van der Waals surface area contributed by atoms with Gasteiger partial charge >= 0.3 is 0 Å². The van der Waals surface area contributed by atoms with Gasteiger partial charge in [-0.1, -0.05) is 71.7 Å². The first-order valence-corrected chi connectivity index (χ1v) is 12.3. The summed E-state index contributed by atoms with van der Waals surface area (Å²) in [7, 11) is 1.82. The van der Waals surface area contributed by atoms with E-state index in [4.69, 9.17) is 46.4 Å². The third kappa shape index (κ3) is 4.78. The summed E-state index contributed by atoms with van der Waals surface area (Å²) in [5, 5.41) is 2.98. The number of hydrogen-bond acceptors (Lipinski definition) is 4. The molecule has 1 fully saturated rings. The van der Waals surface area contributed by atoms with E-state index in [1.807, 2.05) is 7.05 Å². The lowest BCUT2D eigenvalue weighted by atomic mass is 9.94. The molecule has 1 N–H and O–H groups in total. The fraction of sp³-hybridized carbons (Fsp3) is 0.292. The molecule has 2 aliphatic rings. The second-order valence-corrected chi connectivity index (χ2v) is 9.87. The number of hydrogen-bond donors (Lipinski definition) is 1. The highest BCUT2D eigenvalue weighted by molar-refractivity contribution is 6.54. The fourth-order valence-electron chi connectivity index (χ4n) is 4.23. The van der Waals surface area contributed by atoms with Crippen LogP contribution in [0.1, 0.15) is 42.5 Å². The summed E-state index contributed by atoms with van der Waals surface area (Å²) < 4.78 is 0. The Kier molecular flexibility index (Phi) is 7.43. The van der Waals surface area contributed by atoms with Crippen molar-refractivity contribution in [3.8, 4) is 0 Å². The summed E-state index contributed by atoms with van der Waals surface area (Å²) in [6.45, 7) is 0. The van der Waals surface area contributed by atoms with Gasteiger partial charge < -0.3 is 10.2 Å². The molecule has 1 heterocycles. The number of nitrogens with one attached hydrogen (secondary N) is 1. The average molecular weight is 541 g/mol. The molecule has 6 nitrogen and oxygen atoms in total. The molecule has 0 spiro atoms. The molecular formula is C24H21Cl4N3O3. The van der Waals surface area contributed by atoms with Gasteiger partial charge in [-0.25, -0.2) is 4.90 Å². The van der Waals surface area contributed by atoms with Crippen LogP contribution in [0.3, 0.4) is 0 Å². The number of rotatable bonds is 5. The van der Waals surface area contributed by atoms with E-state index in [0.29, 0.717) is 11.3 Å². The highest BCUT2D eigenvalue weighted by Crippen LogP contribution is 2.38. The van der Waals surface area contributed by atoms with Gasteiger partial charge in [-0.15, -0.1) is 0 Å². The third-order valence-electron chi connectivity index (χ3n) is 6.08. The largest absolute Gasteiger partial charge is 0.350 e. The molecule has 0 bridgehead atoms. The highest BCUT2D eigenvalue weighted by atomic mass is 35.5. The maximum absolute atomic E-state index is 13.1. The summed E-state index contributed by atoms with van der Waals surface area (Å²) in [6, 6.07) is 9.62. The van der Waals surface area contributed by atoms with Crippen molar-refractivity contribution in [2.75, 3.05) is 17.3 Å². The zero-order chi connectivity index (χ0) is 24.6. The van der Waals surface area contributed by atoms with Crippen LogP contribution in [0.5, 0.6) is 0 Å². The van der Waals surface area contributed by atoms with E-state index in [1.54, 1.807) is 29.2 Å². The molecular weight excluding hydrogens is 520 g/mol. The number of anilines is 2. The number of carbonyl (C=O) groups is 3. The van der Waals surface area contributed by atoms with Gasteiger partial charge in [-0.2, -0.15) is 0 Å². The minimum absolute atomic E-state index is 0.0686. The topological polar surface area (TPSA) is 69.7 Å². The van der Waals surface area contributed by atoms with Gasteiger partial charge in [0.2, 0.25) is 0 Å². The van der Waals surface area contributed by atoms with E-state index in [0.717, 1.165) is 30.6 Å². The van der Waals surface area contributed by atoms with Gasteiger partial charge in [0.1, 0.15) is 10.7 Å². The van der Waals surface area contributed by atoms with Crippen molar-refractivity contribution in [1.82, 2.24) is 4.90 Å². The van der Waals surface area contributed by atoms with Crippen molar-refractivity contribution < 1.29 is 14.4 Å². The van der Waals surface area contributed by atoms with E-state index in [1.165, 1.54) is 18.6 Å². The highest BCUT2D eigenvalue weighted by Gasteiger charge is 2.40. The molecule has 3 amide bonds. The second-order valence-electron chi connectivity index (χ2n) is 8.27. The molecule has 2 aromatic carbocycles. The van der Waals surface area contributed by atoms with Crippen molar-refractivity contribution in [2.24, 2.45) is 0 Å². The molecule has 0 unspecified atom stereocenters. The summed E-state index contributed by atoms with van der Waals surface area (Å²) in [4.78, 5) is 41.5. The monoisotopic (exact) mass is 539 g/mol. The Morgan fingerprint density at radius 1 is 0.941 bits per heavy atom. The van der Waals surface area contributed by atoms with Crippen LogP contribution in [0, 0.1) is 0 Å². The van der Waals surface area contributed by atoms with Gasteiger partial charge in [-0.3, -0.25) is 14.4 Å². The van der Waals surface area contributed by atoms with Gasteiger partial charge in [0.15, 0.2) is 0 Å². The van der Waals surface area contributed by atoms with Gasteiger partial charge in [-0.05, 0) is 43.2 Å². The maximum Gasteiger partial charge on any atom is 0.283 e. The number of halogens is 4. The van der Waals surface area contributed by atoms with Crippen molar-refractivity contribution in [1.29, 1.82) is 0 Å². The Hall–Kier alpha value is -2.25. The summed E-state index contributed by atoms with van der Waals surface area (Å²) in [6.07, 6.45) is 5.42. The first-order valence-electron chi connectivity index (χ1n) is 10.8. The number of benzene rings is 2. The Labute approximate surface area is 217 Å². The second kappa shape index (κ2) is 10.2. The molecule has 178 valence electrons. The molecule has 1 aliphatic carbocycles. The van der Waals surface area contributed by atoms with Crippen molar-refractivity contribution in [2.45, 2.75) is 38.1 Å². The first kappa shape index (κ1) is 24.9. The normalized spacial score (nSPS) is 16.9. The molecule has 1 aliphatic heterocycles. The lowest BCUT2D eigenvalue weighted by Crippen LogP contribution is -2.38. The quantitative estimate of drug-likeness (QED) is 0.347. The van der Waals surface area contributed by atoms with Crippen molar-refractivity contribution in [3.63, 3.8) is 0 Å². The van der Waals surface area contributed by atoms with Crippen LogP contribution in [0.25, 0.3) is 0 Å². The average Bonchev–Trinajstić information content (AvgIpc) is 3.04. The Morgan fingerprint density at radius 2 is 1.62 bits per heavy atom. The number of carbonyl (C=O) groups excluding carboxylic acids is 3. The van der Waals surface area contributed by atoms with Crippen LogP contribution in [0.15, 0.2) is 47.1 Å². The zero-order valence-corrected chi connectivity index (χ0v) is 21.2. The molecule has 10 heteroatoms. The molecule has 4 rings (SSSR count). The lowest BCUT2D eigenvalue weighted by molar-refractivity contribution is -0.120. The fourth-order valence-corrected chi connectivity index (χ4v) is 5.06. The third-order valence-corrected chi connectivity index (χ3v) is 7.46. The Bertz CT molecular complexity index is 1210. The van der Waals surface area contributed by atoms with Gasteiger partial charge in [0.25, 0.3) is 17.7 Å². The van der Waals surface area contributed by atoms with Gasteiger partial charge in [0, 0.05) is 24.3 Å². The van der Waals surface area contributed by atoms with Crippen LogP contribution in [-0.2, 0) is 9.59 Å². The van der Waals surface area contributed by atoms with Crippen LogP contribution in [0.2, 0.25) is 15.1 Å². The Balaban J connectivity index is 1.56. The zero-order valence-electron chi connectivity index (χ0n) is 18.2. The SMILES string of the molecule is CN(C(=O)c1cccc(NC2=C(Cl)C(=O)N(c3cc(Cl)c(Cl)cc3Cl)C2=O)c1)C1CCCCC1. The lowest BCUT2D eigenvalue weighted by Gasteiger charge is -2.31. The summed E-state index contributed by atoms with van der Waals surface area (Å²) in [5.74, 6) is -1.56. The summed E-state index contributed by atoms with van der Waals surface area (Å²) in [5.41, 5.74) is 0.855. The predicted molar refractivity (Wildman–Crippen MR) is 136 cm³/mol. The number of amides is 3. The standard InChI is InChI=1S/C24H21Cl4N3O3/c1-30(15-8-3-2-4-9-15)22(32)13-6-5-7-14(10-13)29-21-20(28)23(33)31(24(21)34)19-12-17(26)16(25)11-18(19)27/h5-7,10-12,15,29H,2-4,8-9H2,1H3. The minimum atomic E-state index is -0.751. The molecule has 0 atom stereocenters. The molecule has 0 saturated heterocycles. The molecule has 2 aromatic rings.